The van der Waals surface area contributed by atoms with E-state index in [4.69, 9.17) is 17.3 Å². The molecule has 0 bridgehead atoms. The van der Waals surface area contributed by atoms with Gasteiger partial charge in [-0.2, -0.15) is 0 Å². The number of aromatic nitrogens is 2. The maximum absolute atomic E-state index is 6.22. The van der Waals surface area contributed by atoms with Crippen LogP contribution in [0.3, 0.4) is 0 Å². The molecular weight excluding hydrogens is 258 g/mol. The fourth-order valence-electron chi connectivity index (χ4n) is 2.29. The second-order valence-electron chi connectivity index (χ2n) is 4.36. The van der Waals surface area contributed by atoms with Crippen molar-refractivity contribution in [3.8, 4) is 11.3 Å². The van der Waals surface area contributed by atoms with Gasteiger partial charge in [0, 0.05) is 18.2 Å². The Kier molecular flexibility index (Phi) is 3.23. The zero-order valence-corrected chi connectivity index (χ0v) is 11.1. The van der Waals surface area contributed by atoms with Gasteiger partial charge in [0.15, 0.2) is 5.65 Å². The number of nitrogens with zero attached hydrogens (tertiary/aromatic N) is 2. The highest BCUT2D eigenvalue weighted by atomic mass is 35.5. The molecule has 2 N–H and O–H groups in total. The van der Waals surface area contributed by atoms with Crippen molar-refractivity contribution in [2.75, 3.05) is 6.54 Å². The molecule has 19 heavy (non-hydrogen) atoms. The van der Waals surface area contributed by atoms with Crippen LogP contribution < -0.4 is 5.73 Å². The van der Waals surface area contributed by atoms with Crippen molar-refractivity contribution in [2.45, 2.75) is 6.42 Å². The summed E-state index contributed by atoms with van der Waals surface area (Å²) < 4.78 is 2.03. The number of fused-ring (bicyclic) bond motifs is 1. The fourth-order valence-corrected chi connectivity index (χ4v) is 2.49. The molecule has 0 saturated heterocycles. The monoisotopic (exact) mass is 271 g/mol. The Bertz CT molecular complexity index is 704. The highest BCUT2D eigenvalue weighted by Crippen LogP contribution is 2.27. The standard InChI is InChI=1S/C15H14ClN3/c16-12-7-4-10-19-13(8-9-17)14(18-15(12)19)11-5-2-1-3-6-11/h1-7,10H,8-9,17H2. The summed E-state index contributed by atoms with van der Waals surface area (Å²) in [6, 6.07) is 13.9. The highest BCUT2D eigenvalue weighted by Gasteiger charge is 2.14. The van der Waals surface area contributed by atoms with Crippen LogP contribution in [0.5, 0.6) is 0 Å². The van der Waals surface area contributed by atoms with E-state index >= 15 is 0 Å². The van der Waals surface area contributed by atoms with Gasteiger partial charge in [0.1, 0.15) is 0 Å². The molecule has 1 aromatic carbocycles. The Labute approximate surface area is 116 Å². The number of halogens is 1. The van der Waals surface area contributed by atoms with Crippen molar-refractivity contribution >= 4 is 17.2 Å². The van der Waals surface area contributed by atoms with Crippen LogP contribution in [-0.4, -0.2) is 15.9 Å². The molecule has 0 aliphatic rings. The molecule has 0 fully saturated rings. The lowest BCUT2D eigenvalue weighted by molar-refractivity contribution is 0.907. The van der Waals surface area contributed by atoms with Crippen molar-refractivity contribution in [2.24, 2.45) is 5.73 Å². The van der Waals surface area contributed by atoms with Gasteiger partial charge in [0.25, 0.3) is 0 Å². The largest absolute Gasteiger partial charge is 0.330 e. The highest BCUT2D eigenvalue weighted by molar-refractivity contribution is 6.33. The lowest BCUT2D eigenvalue weighted by Gasteiger charge is -2.03. The lowest BCUT2D eigenvalue weighted by Crippen LogP contribution is -2.06. The molecule has 96 valence electrons. The molecule has 3 aromatic rings. The van der Waals surface area contributed by atoms with E-state index < -0.39 is 0 Å². The van der Waals surface area contributed by atoms with Gasteiger partial charge in [-0.05, 0) is 18.7 Å². The summed E-state index contributed by atoms with van der Waals surface area (Å²) in [5, 5.41) is 0.656. The third-order valence-electron chi connectivity index (χ3n) is 3.13. The number of benzene rings is 1. The molecule has 0 atom stereocenters. The molecule has 0 aliphatic carbocycles. The first-order valence-corrected chi connectivity index (χ1v) is 6.60. The molecule has 2 heterocycles. The minimum Gasteiger partial charge on any atom is -0.330 e. The molecule has 3 nitrogen and oxygen atoms in total. The summed E-state index contributed by atoms with van der Waals surface area (Å²) in [7, 11) is 0. The number of rotatable bonds is 3. The van der Waals surface area contributed by atoms with Gasteiger partial charge in [-0.1, -0.05) is 41.9 Å². The van der Waals surface area contributed by atoms with E-state index in [2.05, 4.69) is 17.1 Å². The van der Waals surface area contributed by atoms with E-state index in [1.165, 1.54) is 0 Å². The Morgan fingerprint density at radius 1 is 1.11 bits per heavy atom. The summed E-state index contributed by atoms with van der Waals surface area (Å²) in [6.45, 7) is 0.583. The average molecular weight is 272 g/mol. The van der Waals surface area contributed by atoms with Crippen LogP contribution in [0, 0.1) is 0 Å². The predicted molar refractivity (Wildman–Crippen MR) is 78.4 cm³/mol. The Morgan fingerprint density at radius 2 is 1.89 bits per heavy atom. The third kappa shape index (κ3) is 2.11. The van der Waals surface area contributed by atoms with Gasteiger partial charge >= 0.3 is 0 Å². The summed E-state index contributed by atoms with van der Waals surface area (Å²) in [4.78, 5) is 4.68. The van der Waals surface area contributed by atoms with Crippen molar-refractivity contribution in [3.05, 3.63) is 59.4 Å². The van der Waals surface area contributed by atoms with Crippen molar-refractivity contribution < 1.29 is 0 Å². The van der Waals surface area contributed by atoms with E-state index in [1.807, 2.05) is 40.9 Å². The first kappa shape index (κ1) is 12.2. The number of nitrogens with two attached hydrogens (primary N) is 1. The van der Waals surface area contributed by atoms with E-state index in [-0.39, 0.29) is 0 Å². The minimum absolute atomic E-state index is 0.583. The molecule has 3 rings (SSSR count). The van der Waals surface area contributed by atoms with Crippen molar-refractivity contribution in [3.63, 3.8) is 0 Å². The molecule has 4 heteroatoms. The second-order valence-corrected chi connectivity index (χ2v) is 4.77. The normalized spacial score (nSPS) is 11.1. The molecule has 0 saturated carbocycles. The summed E-state index contributed by atoms with van der Waals surface area (Å²) >= 11 is 6.22. The Morgan fingerprint density at radius 3 is 2.63 bits per heavy atom. The van der Waals surface area contributed by atoms with Crippen LogP contribution in [0.1, 0.15) is 5.69 Å². The van der Waals surface area contributed by atoms with Crippen molar-refractivity contribution in [1.82, 2.24) is 9.38 Å². The molecular formula is C15H14ClN3. The molecule has 0 amide bonds. The van der Waals surface area contributed by atoms with Crippen LogP contribution in [-0.2, 0) is 6.42 Å². The maximum Gasteiger partial charge on any atom is 0.156 e. The summed E-state index contributed by atoms with van der Waals surface area (Å²) in [5.41, 5.74) is 9.65. The van der Waals surface area contributed by atoms with E-state index in [0.29, 0.717) is 11.6 Å². The van der Waals surface area contributed by atoms with Gasteiger partial charge in [-0.25, -0.2) is 4.98 Å². The van der Waals surface area contributed by atoms with Crippen LogP contribution in [0.15, 0.2) is 48.7 Å². The number of imidazole rings is 1. The second kappa shape index (κ2) is 5.03. The lowest BCUT2D eigenvalue weighted by atomic mass is 10.1. The van der Waals surface area contributed by atoms with E-state index in [0.717, 1.165) is 29.0 Å². The van der Waals surface area contributed by atoms with Gasteiger partial charge < -0.3 is 10.1 Å². The zero-order chi connectivity index (χ0) is 13.2. The van der Waals surface area contributed by atoms with Crippen LogP contribution in [0.4, 0.5) is 0 Å². The SMILES string of the molecule is NCCc1c(-c2ccccc2)nc2c(Cl)cccn12. The Hall–Kier alpha value is -1.84. The van der Waals surface area contributed by atoms with E-state index in [9.17, 15) is 0 Å². The molecule has 2 aromatic heterocycles. The first-order valence-electron chi connectivity index (χ1n) is 6.22. The maximum atomic E-state index is 6.22. The first-order chi connectivity index (χ1) is 9.31. The molecule has 0 spiro atoms. The predicted octanol–water partition coefficient (Wildman–Crippen LogP) is 3.16. The van der Waals surface area contributed by atoms with E-state index in [1.54, 1.807) is 0 Å². The van der Waals surface area contributed by atoms with Crippen LogP contribution >= 0.6 is 11.6 Å². The van der Waals surface area contributed by atoms with Crippen LogP contribution in [0.2, 0.25) is 5.02 Å². The smallest absolute Gasteiger partial charge is 0.156 e. The fraction of sp³-hybridized carbons (Fsp3) is 0.133. The third-order valence-corrected chi connectivity index (χ3v) is 3.42. The van der Waals surface area contributed by atoms with Crippen molar-refractivity contribution in [1.29, 1.82) is 0 Å². The number of pyridine rings is 1. The van der Waals surface area contributed by atoms with Gasteiger partial charge in [0.2, 0.25) is 0 Å². The summed E-state index contributed by atoms with van der Waals surface area (Å²) in [6.07, 6.45) is 2.75. The summed E-state index contributed by atoms with van der Waals surface area (Å²) in [5.74, 6) is 0. The van der Waals surface area contributed by atoms with Crippen LogP contribution in [0.25, 0.3) is 16.9 Å². The number of hydrogen-bond donors (Lipinski definition) is 1. The molecule has 0 unspecified atom stereocenters. The zero-order valence-electron chi connectivity index (χ0n) is 10.4. The van der Waals surface area contributed by atoms with Gasteiger partial charge in [0.05, 0.1) is 16.4 Å². The Balaban J connectivity index is 2.29. The van der Waals surface area contributed by atoms with Gasteiger partial charge in [-0.3, -0.25) is 0 Å². The molecule has 0 aliphatic heterocycles. The molecule has 0 radical (unpaired) electrons. The number of hydrogen-bond acceptors (Lipinski definition) is 2. The minimum atomic E-state index is 0.583. The van der Waals surface area contributed by atoms with Gasteiger partial charge in [-0.15, -0.1) is 0 Å². The quantitative estimate of drug-likeness (QED) is 0.795. The topological polar surface area (TPSA) is 43.3 Å². The average Bonchev–Trinajstić information content (AvgIpc) is 2.81.